The smallest absolute Gasteiger partial charge is 0.261 e. The number of carbonyl (C=O) groups excluding carboxylic acids is 3. The van der Waals surface area contributed by atoms with Gasteiger partial charge in [-0.05, 0) is 38.8 Å². The van der Waals surface area contributed by atoms with Gasteiger partial charge in [-0.15, -0.1) is 0 Å². The van der Waals surface area contributed by atoms with Crippen molar-refractivity contribution < 1.29 is 14.4 Å². The minimum absolute atomic E-state index is 0.0390. The number of hydrogen-bond acceptors (Lipinski definition) is 3. The van der Waals surface area contributed by atoms with Crippen LogP contribution in [0.3, 0.4) is 0 Å². The molecule has 0 atom stereocenters. The molecule has 1 heterocycles. The van der Waals surface area contributed by atoms with Gasteiger partial charge in [0.25, 0.3) is 11.8 Å². The minimum Gasteiger partial charge on any atom is -0.340 e. The summed E-state index contributed by atoms with van der Waals surface area (Å²) in [5.41, 5.74) is 1.85. The van der Waals surface area contributed by atoms with Gasteiger partial charge in [-0.1, -0.05) is 24.5 Å². The normalized spacial score (nSPS) is 17.5. The molecule has 1 fully saturated rings. The number of amides is 3. The van der Waals surface area contributed by atoms with Crippen LogP contribution in [0.25, 0.3) is 0 Å². The van der Waals surface area contributed by atoms with Crippen LogP contribution in [0, 0.1) is 6.92 Å². The van der Waals surface area contributed by atoms with Crippen molar-refractivity contribution in [3.8, 4) is 0 Å². The van der Waals surface area contributed by atoms with E-state index in [2.05, 4.69) is 0 Å². The largest absolute Gasteiger partial charge is 0.340 e. The average molecular weight is 328 g/mol. The SMILES string of the molecule is CCN(C(=O)CCN1C(=O)c2ccc(C)cc2C1=O)C1CCCC1. The molecule has 5 heteroatoms. The molecule has 0 bridgehead atoms. The summed E-state index contributed by atoms with van der Waals surface area (Å²) < 4.78 is 0. The molecule has 3 rings (SSSR count). The highest BCUT2D eigenvalue weighted by atomic mass is 16.2. The Morgan fingerprint density at radius 1 is 1.17 bits per heavy atom. The van der Waals surface area contributed by atoms with Crippen LogP contribution in [-0.2, 0) is 4.79 Å². The van der Waals surface area contributed by atoms with E-state index in [0.29, 0.717) is 23.7 Å². The third-order valence-corrected chi connectivity index (χ3v) is 5.10. The van der Waals surface area contributed by atoms with Crippen molar-refractivity contribution in [2.45, 2.75) is 52.0 Å². The lowest BCUT2D eigenvalue weighted by molar-refractivity contribution is -0.133. The van der Waals surface area contributed by atoms with E-state index in [1.165, 1.54) is 17.7 Å². The number of imide groups is 1. The molecule has 1 aliphatic carbocycles. The summed E-state index contributed by atoms with van der Waals surface area (Å²) in [5, 5.41) is 0. The van der Waals surface area contributed by atoms with Crippen molar-refractivity contribution in [2.75, 3.05) is 13.1 Å². The lowest BCUT2D eigenvalue weighted by atomic mass is 10.1. The van der Waals surface area contributed by atoms with Gasteiger partial charge < -0.3 is 4.90 Å². The summed E-state index contributed by atoms with van der Waals surface area (Å²) in [6.45, 7) is 4.73. The van der Waals surface area contributed by atoms with Crippen LogP contribution >= 0.6 is 0 Å². The van der Waals surface area contributed by atoms with E-state index in [-0.39, 0.29) is 30.7 Å². The number of aryl methyl sites for hydroxylation is 1. The maximum Gasteiger partial charge on any atom is 0.261 e. The highest BCUT2D eigenvalue weighted by molar-refractivity contribution is 6.21. The first-order valence-corrected chi connectivity index (χ1v) is 8.79. The molecule has 5 nitrogen and oxygen atoms in total. The average Bonchev–Trinajstić information content (AvgIpc) is 3.16. The van der Waals surface area contributed by atoms with E-state index in [1.807, 2.05) is 24.8 Å². The molecule has 1 saturated carbocycles. The standard InChI is InChI=1S/C19H24N2O3/c1-3-20(14-6-4-5-7-14)17(22)10-11-21-18(23)15-9-8-13(2)12-16(15)19(21)24/h8-9,12,14H,3-7,10-11H2,1-2H3. The van der Waals surface area contributed by atoms with Crippen molar-refractivity contribution in [1.29, 1.82) is 0 Å². The molecule has 0 aromatic heterocycles. The Kier molecular flexibility index (Phi) is 4.69. The fraction of sp³-hybridized carbons (Fsp3) is 0.526. The van der Waals surface area contributed by atoms with Crippen molar-refractivity contribution >= 4 is 17.7 Å². The van der Waals surface area contributed by atoms with E-state index >= 15 is 0 Å². The van der Waals surface area contributed by atoms with E-state index in [0.717, 1.165) is 18.4 Å². The van der Waals surface area contributed by atoms with Gasteiger partial charge in [0.1, 0.15) is 0 Å². The van der Waals surface area contributed by atoms with Crippen molar-refractivity contribution in [3.63, 3.8) is 0 Å². The lowest BCUT2D eigenvalue weighted by Gasteiger charge is -2.28. The third-order valence-electron chi connectivity index (χ3n) is 5.10. The van der Waals surface area contributed by atoms with Gasteiger partial charge in [0.05, 0.1) is 11.1 Å². The Balaban J connectivity index is 1.65. The first kappa shape index (κ1) is 16.7. The molecule has 2 aliphatic rings. The Morgan fingerprint density at radius 2 is 1.83 bits per heavy atom. The highest BCUT2D eigenvalue weighted by Crippen LogP contribution is 2.26. The fourth-order valence-electron chi connectivity index (χ4n) is 3.81. The van der Waals surface area contributed by atoms with Crippen molar-refractivity contribution in [3.05, 3.63) is 34.9 Å². The number of benzene rings is 1. The predicted octanol–water partition coefficient (Wildman–Crippen LogP) is 2.77. The van der Waals surface area contributed by atoms with Crippen LogP contribution in [0.5, 0.6) is 0 Å². The van der Waals surface area contributed by atoms with E-state index in [1.54, 1.807) is 12.1 Å². The molecule has 0 radical (unpaired) electrons. The zero-order chi connectivity index (χ0) is 17.3. The molecule has 0 N–H and O–H groups in total. The van der Waals surface area contributed by atoms with E-state index < -0.39 is 0 Å². The lowest BCUT2D eigenvalue weighted by Crippen LogP contribution is -2.41. The molecular formula is C19H24N2O3. The first-order valence-electron chi connectivity index (χ1n) is 8.79. The monoisotopic (exact) mass is 328 g/mol. The summed E-state index contributed by atoms with van der Waals surface area (Å²) in [7, 11) is 0. The summed E-state index contributed by atoms with van der Waals surface area (Å²) >= 11 is 0. The number of nitrogens with zero attached hydrogens (tertiary/aromatic N) is 2. The molecule has 128 valence electrons. The Morgan fingerprint density at radius 3 is 2.50 bits per heavy atom. The molecule has 24 heavy (non-hydrogen) atoms. The Labute approximate surface area is 142 Å². The van der Waals surface area contributed by atoms with E-state index in [4.69, 9.17) is 0 Å². The number of carbonyl (C=O) groups is 3. The zero-order valence-electron chi connectivity index (χ0n) is 14.4. The zero-order valence-corrected chi connectivity index (χ0v) is 14.4. The van der Waals surface area contributed by atoms with Gasteiger partial charge in [-0.3, -0.25) is 19.3 Å². The van der Waals surface area contributed by atoms with Crippen molar-refractivity contribution in [1.82, 2.24) is 9.80 Å². The summed E-state index contributed by atoms with van der Waals surface area (Å²) in [6, 6.07) is 5.60. The number of fused-ring (bicyclic) bond motifs is 1. The third kappa shape index (κ3) is 2.95. The molecule has 1 aliphatic heterocycles. The van der Waals surface area contributed by atoms with Gasteiger partial charge in [0, 0.05) is 25.6 Å². The summed E-state index contributed by atoms with van der Waals surface area (Å²) in [5.74, 6) is -0.528. The first-order chi connectivity index (χ1) is 11.5. The van der Waals surface area contributed by atoms with Crippen LogP contribution < -0.4 is 0 Å². The minimum atomic E-state index is -0.285. The van der Waals surface area contributed by atoms with Gasteiger partial charge in [-0.2, -0.15) is 0 Å². The van der Waals surface area contributed by atoms with Crippen LogP contribution in [0.1, 0.15) is 65.3 Å². The molecule has 0 saturated heterocycles. The highest BCUT2D eigenvalue weighted by Gasteiger charge is 2.36. The van der Waals surface area contributed by atoms with E-state index in [9.17, 15) is 14.4 Å². The number of hydrogen-bond donors (Lipinski definition) is 0. The Bertz CT molecular complexity index is 677. The van der Waals surface area contributed by atoms with Crippen LogP contribution in [0.15, 0.2) is 18.2 Å². The maximum atomic E-state index is 12.5. The number of rotatable bonds is 5. The van der Waals surface area contributed by atoms with Crippen molar-refractivity contribution in [2.24, 2.45) is 0 Å². The van der Waals surface area contributed by atoms with Crippen LogP contribution in [-0.4, -0.2) is 46.7 Å². The molecule has 3 amide bonds. The molecule has 1 aromatic rings. The van der Waals surface area contributed by atoms with Gasteiger partial charge >= 0.3 is 0 Å². The second-order valence-corrected chi connectivity index (χ2v) is 6.68. The van der Waals surface area contributed by atoms with Gasteiger partial charge in [0.15, 0.2) is 0 Å². The molecule has 0 unspecified atom stereocenters. The second kappa shape index (κ2) is 6.75. The quantitative estimate of drug-likeness (QED) is 0.781. The molecule has 1 aromatic carbocycles. The summed E-state index contributed by atoms with van der Waals surface area (Å²) in [6.07, 6.45) is 4.67. The molecular weight excluding hydrogens is 304 g/mol. The van der Waals surface area contributed by atoms with Gasteiger partial charge in [-0.25, -0.2) is 0 Å². The van der Waals surface area contributed by atoms with Crippen LogP contribution in [0.2, 0.25) is 0 Å². The maximum absolute atomic E-state index is 12.5. The second-order valence-electron chi connectivity index (χ2n) is 6.68. The van der Waals surface area contributed by atoms with Crippen LogP contribution in [0.4, 0.5) is 0 Å². The fourth-order valence-corrected chi connectivity index (χ4v) is 3.81. The topological polar surface area (TPSA) is 57.7 Å². The predicted molar refractivity (Wildman–Crippen MR) is 90.8 cm³/mol. The molecule has 0 spiro atoms. The van der Waals surface area contributed by atoms with Gasteiger partial charge in [0.2, 0.25) is 5.91 Å². The Hall–Kier alpha value is -2.17. The summed E-state index contributed by atoms with van der Waals surface area (Å²) in [4.78, 5) is 40.5.